The number of aryl methyl sites for hydroxylation is 6. The number of para-hydroxylation sites is 2. The third-order valence-corrected chi connectivity index (χ3v) is 30.3. The molecule has 0 unspecified atom stereocenters. The molecule has 0 amide bonds. The molecule has 712 valence electrons. The van der Waals surface area contributed by atoms with Crippen LogP contribution >= 0.6 is 0 Å². The Morgan fingerprint density at radius 2 is 0.353 bits per heavy atom. The average Bonchev–Trinajstić information content (AvgIpc) is 1.57. The van der Waals surface area contributed by atoms with Gasteiger partial charge in [-0.3, -0.25) is 0 Å². The third kappa shape index (κ3) is 16.1. The molecule has 8 heteroatoms. The summed E-state index contributed by atoms with van der Waals surface area (Å²) in [6, 6.07) is 179. The molecular formula is C142H100N4O4. The second-order valence-corrected chi connectivity index (χ2v) is 39.8. The number of hydrogen-bond donors (Lipinski definition) is 0. The lowest BCUT2D eigenvalue weighted by atomic mass is 9.98. The molecule has 0 aliphatic heterocycles. The van der Waals surface area contributed by atoms with E-state index in [9.17, 15) is 0 Å². The fraction of sp³-hybridized carbons (Fsp3) is 0.0423. The van der Waals surface area contributed by atoms with Gasteiger partial charge in [0.1, 0.15) is 44.7 Å². The number of anilines is 12. The molecule has 24 aromatic carbocycles. The molecule has 28 rings (SSSR count). The van der Waals surface area contributed by atoms with Crippen molar-refractivity contribution < 1.29 is 17.7 Å². The predicted octanol–water partition coefficient (Wildman–Crippen LogP) is 41.3. The first-order valence-corrected chi connectivity index (χ1v) is 51.4. The van der Waals surface area contributed by atoms with Crippen LogP contribution in [0.15, 0.2) is 515 Å². The van der Waals surface area contributed by atoms with Crippen LogP contribution in [0.25, 0.3) is 198 Å². The summed E-state index contributed by atoms with van der Waals surface area (Å²) in [5, 5.41) is 17.3. The number of rotatable bonds is 18. The molecule has 150 heavy (non-hydrogen) atoms. The van der Waals surface area contributed by atoms with Crippen molar-refractivity contribution in [2.24, 2.45) is 0 Å². The zero-order valence-corrected chi connectivity index (χ0v) is 83.8. The Labute approximate surface area is 869 Å². The number of furan rings is 4. The first-order chi connectivity index (χ1) is 73.8. The van der Waals surface area contributed by atoms with Gasteiger partial charge in [-0.15, -0.1) is 0 Å². The van der Waals surface area contributed by atoms with Crippen LogP contribution < -0.4 is 19.6 Å². The highest BCUT2D eigenvalue weighted by molar-refractivity contribution is 6.26. The Morgan fingerprint density at radius 3 is 0.607 bits per heavy atom. The molecule has 4 heterocycles. The molecule has 4 aromatic heterocycles. The molecule has 0 saturated heterocycles. The zero-order chi connectivity index (χ0) is 100. The molecule has 0 bridgehead atoms. The number of fused-ring (bicyclic) bond motifs is 18. The lowest BCUT2D eigenvalue weighted by Gasteiger charge is -2.30. The highest BCUT2D eigenvalue weighted by atomic mass is 16.4. The summed E-state index contributed by atoms with van der Waals surface area (Å²) in [6.07, 6.45) is 0. The van der Waals surface area contributed by atoms with E-state index in [4.69, 9.17) is 17.7 Å². The topological polar surface area (TPSA) is 65.5 Å². The largest absolute Gasteiger partial charge is 0.456 e. The van der Waals surface area contributed by atoms with E-state index in [1.807, 2.05) is 0 Å². The first kappa shape index (κ1) is 89.6. The minimum absolute atomic E-state index is 0.795. The molecule has 0 fully saturated rings. The lowest BCUT2D eigenvalue weighted by molar-refractivity contribution is 0.662. The van der Waals surface area contributed by atoms with Crippen LogP contribution in [0.3, 0.4) is 0 Å². The number of hydrogen-bond acceptors (Lipinski definition) is 8. The van der Waals surface area contributed by atoms with Crippen LogP contribution in [-0.2, 0) is 0 Å². The van der Waals surface area contributed by atoms with Crippen molar-refractivity contribution in [2.75, 3.05) is 19.6 Å². The quantitative estimate of drug-likeness (QED) is 0.0842. The summed E-state index contributed by atoms with van der Waals surface area (Å²) in [6.45, 7) is 13.2. The fourth-order valence-electron chi connectivity index (χ4n) is 22.5. The minimum Gasteiger partial charge on any atom is -0.456 e. The predicted molar refractivity (Wildman–Crippen MR) is 632 cm³/mol. The van der Waals surface area contributed by atoms with Crippen molar-refractivity contribution >= 4 is 199 Å². The van der Waals surface area contributed by atoms with Gasteiger partial charge in [0.15, 0.2) is 0 Å². The highest BCUT2D eigenvalue weighted by Gasteiger charge is 2.28. The van der Waals surface area contributed by atoms with E-state index < -0.39 is 0 Å². The Bertz CT molecular complexity index is 9990. The third-order valence-electron chi connectivity index (χ3n) is 30.3. The lowest BCUT2D eigenvalue weighted by Crippen LogP contribution is -2.13. The Morgan fingerprint density at radius 1 is 0.133 bits per heavy atom. The van der Waals surface area contributed by atoms with Crippen molar-refractivity contribution in [3.63, 3.8) is 0 Å². The van der Waals surface area contributed by atoms with Gasteiger partial charge in [0, 0.05) is 101 Å². The Balaban J connectivity index is 0.000000150. The van der Waals surface area contributed by atoms with Gasteiger partial charge < -0.3 is 37.3 Å². The maximum Gasteiger partial charge on any atom is 0.147 e. The number of benzene rings is 24. The SMILES string of the molecule is Cc1ccc(-c2ccccc2)cc1N(c1ccc2cc3c(cc2c1)oc1c3ccc2oc3cc4cc(N(c5cc(-c6ccccc6)ccc5C)c5cc(-c6ccccc6)ccc5C)ccc4cc3c21)c1cc(-c2ccccc2)ccc1C.Cc1ccc(-c2ccccc2)cc1N(c1ccccc1)c1ccc2cc3c(cc2c1)oc1c3ccc2oc3cc4cc(N(c5ccccc5)c5cc(-c6ccccc6)ccc5C)ccc4cc3c21. The summed E-state index contributed by atoms with van der Waals surface area (Å²) in [7, 11) is 0. The standard InChI is InChI=1S/C78H56N2O2.C64H44N2O2/c1-49-25-29-59(53-17-9-5-10-18-53)43-70(49)79(71-44-60(30-26-50(71)2)54-19-11-6-12-20-54)65-35-33-57-41-68-67-37-38-74-77(78(67)82-75(68)47-63(57)39-65)69-42-58-34-36-66(40-64(58)48-76(69)81-74)80(72-45-61(31-27-51(72)3)55-21-13-7-14-22-55)73-46-62(32-28-52(73)4)56-23-15-8-16-24-56;1-41-23-25-47(43-15-7-3-8-16-43)37-58(41)65(51-19-11-5-12-20-51)53-29-27-45-35-56-55-31-32-60-63(64(55)68-61(56)39-49(45)33-53)57-36-46-28-30-54(34-50(46)40-62(57)67-60)66(52-21-13-6-14-22-52)59-38-48(26-24-42(59)2)44-17-9-4-10-18-44/h5-48H,1-4H3;3-40H,1-2H3. The van der Waals surface area contributed by atoms with E-state index in [1.54, 1.807) is 0 Å². The molecule has 0 N–H and O–H groups in total. The average molecular weight is 1930 g/mol. The van der Waals surface area contributed by atoms with E-state index in [2.05, 4.69) is 559 Å². The minimum atomic E-state index is 0.795. The van der Waals surface area contributed by atoms with E-state index in [0.717, 1.165) is 199 Å². The van der Waals surface area contributed by atoms with Crippen LogP contribution in [0.1, 0.15) is 33.4 Å². The maximum absolute atomic E-state index is 7.06. The Kier molecular flexibility index (Phi) is 22.1. The smallest absolute Gasteiger partial charge is 0.147 e. The van der Waals surface area contributed by atoms with Crippen LogP contribution in [0.5, 0.6) is 0 Å². The van der Waals surface area contributed by atoms with Gasteiger partial charge in [-0.1, -0.05) is 315 Å². The number of nitrogens with zero attached hydrogens (tertiary/aromatic N) is 4. The van der Waals surface area contributed by atoms with Gasteiger partial charge in [-0.25, -0.2) is 0 Å². The summed E-state index contributed by atoms with van der Waals surface area (Å²) < 4.78 is 27.5. The molecular weight excluding hydrogens is 1830 g/mol. The Hall–Kier alpha value is -19.3. The van der Waals surface area contributed by atoms with Crippen molar-refractivity contribution in [1.29, 1.82) is 0 Å². The molecule has 0 spiro atoms. The molecule has 0 radical (unpaired) electrons. The van der Waals surface area contributed by atoms with Crippen LogP contribution in [0, 0.1) is 41.5 Å². The normalized spacial score (nSPS) is 11.7. The van der Waals surface area contributed by atoms with Crippen molar-refractivity contribution in [3.8, 4) is 66.8 Å². The molecule has 0 saturated carbocycles. The van der Waals surface area contributed by atoms with Crippen LogP contribution in [-0.4, -0.2) is 0 Å². The second kappa shape index (κ2) is 37.1. The van der Waals surface area contributed by atoms with Gasteiger partial charge in [-0.2, -0.15) is 0 Å². The molecule has 0 atom stereocenters. The zero-order valence-electron chi connectivity index (χ0n) is 83.8. The van der Waals surface area contributed by atoms with Crippen molar-refractivity contribution in [2.45, 2.75) is 41.5 Å². The monoisotopic (exact) mass is 1920 g/mol. The molecule has 8 nitrogen and oxygen atoms in total. The van der Waals surface area contributed by atoms with Crippen LogP contribution in [0.2, 0.25) is 0 Å². The molecule has 28 aromatic rings. The van der Waals surface area contributed by atoms with Crippen LogP contribution in [0.4, 0.5) is 68.2 Å². The fourth-order valence-corrected chi connectivity index (χ4v) is 22.5. The van der Waals surface area contributed by atoms with Gasteiger partial charge in [0.25, 0.3) is 0 Å². The molecule has 0 aliphatic rings. The second-order valence-electron chi connectivity index (χ2n) is 39.8. The summed E-state index contributed by atoms with van der Waals surface area (Å²) in [4.78, 5) is 9.59. The van der Waals surface area contributed by atoms with Crippen molar-refractivity contribution in [3.05, 3.63) is 531 Å². The summed E-state index contributed by atoms with van der Waals surface area (Å²) in [5.41, 5.74) is 41.1. The van der Waals surface area contributed by atoms with E-state index in [-0.39, 0.29) is 0 Å². The van der Waals surface area contributed by atoms with E-state index in [1.165, 1.54) is 100 Å². The van der Waals surface area contributed by atoms with E-state index >= 15 is 0 Å². The molecule has 0 aliphatic carbocycles. The van der Waals surface area contributed by atoms with Gasteiger partial charge in [-0.05, 0) is 367 Å². The van der Waals surface area contributed by atoms with E-state index in [0.29, 0.717) is 0 Å². The maximum atomic E-state index is 7.06. The van der Waals surface area contributed by atoms with Gasteiger partial charge in [0.05, 0.1) is 10.8 Å². The summed E-state index contributed by atoms with van der Waals surface area (Å²) >= 11 is 0. The van der Waals surface area contributed by atoms with Crippen molar-refractivity contribution in [1.82, 2.24) is 0 Å². The van der Waals surface area contributed by atoms with Gasteiger partial charge >= 0.3 is 0 Å². The highest BCUT2D eigenvalue weighted by Crippen LogP contribution is 2.52. The first-order valence-electron chi connectivity index (χ1n) is 51.4. The summed E-state index contributed by atoms with van der Waals surface area (Å²) in [5.74, 6) is 0. The van der Waals surface area contributed by atoms with Gasteiger partial charge in [0.2, 0.25) is 0 Å².